The van der Waals surface area contributed by atoms with Crippen LogP contribution in [0, 0.1) is 0 Å². The van der Waals surface area contributed by atoms with Gasteiger partial charge in [-0.25, -0.2) is 0 Å². The molecule has 12 atom stereocenters. The van der Waals surface area contributed by atoms with Crippen LogP contribution in [0.25, 0.3) is 0 Å². The molecule has 85 heavy (non-hydrogen) atoms. The van der Waals surface area contributed by atoms with Crippen molar-refractivity contribution >= 4 is 5.91 Å². The molecule has 2 aliphatic heterocycles. The van der Waals surface area contributed by atoms with E-state index in [1.165, 1.54) is 263 Å². The Morgan fingerprint density at radius 1 is 0.412 bits per heavy atom. The van der Waals surface area contributed by atoms with Crippen molar-refractivity contribution in [3.8, 4) is 0 Å². The summed E-state index contributed by atoms with van der Waals surface area (Å²) < 4.78 is 22.9. The summed E-state index contributed by atoms with van der Waals surface area (Å²) in [5.74, 6) is -0.202. The highest BCUT2D eigenvalue weighted by Crippen LogP contribution is 2.30. The van der Waals surface area contributed by atoms with Crippen LogP contribution >= 0.6 is 0 Å². The van der Waals surface area contributed by atoms with Crippen LogP contribution in [-0.4, -0.2) is 140 Å². The average Bonchev–Trinajstić information content (AvgIpc) is 3.69. The van der Waals surface area contributed by atoms with Crippen LogP contribution in [-0.2, 0) is 23.7 Å². The van der Waals surface area contributed by atoms with E-state index in [1.807, 2.05) is 0 Å². The van der Waals surface area contributed by atoms with Crippen LogP contribution in [0.5, 0.6) is 0 Å². The third-order valence-corrected chi connectivity index (χ3v) is 18.2. The molecule has 2 saturated heterocycles. The van der Waals surface area contributed by atoms with Gasteiger partial charge < -0.3 is 65.1 Å². The standard InChI is InChI=1S/C71H137NO13/c1-3-5-7-9-11-13-15-17-19-21-23-25-26-27-28-29-30-31-32-33-35-36-38-40-42-44-46-48-50-52-54-60(75)59(58-82-70-68(81)66(79)69(62(57-74)84-70)85-71-67(80)65(78)64(77)61(56-73)83-71)72-63(76)55-53-51-49-47-45-43-41-39-37-34-24-22-20-18-16-14-12-10-8-6-4-2/h22,24,59-62,64-71,73-75,77-81H,3-21,23,25-58H2,1-2H3,(H,72,76)/b24-22-. The number of nitrogens with one attached hydrogen (secondary N) is 1. The zero-order chi connectivity index (χ0) is 61.6. The number of rotatable bonds is 61. The van der Waals surface area contributed by atoms with Crippen LogP contribution in [0.15, 0.2) is 12.2 Å². The van der Waals surface area contributed by atoms with E-state index < -0.39 is 86.8 Å². The first-order chi connectivity index (χ1) is 41.6. The Balaban J connectivity index is 1.64. The summed E-state index contributed by atoms with van der Waals surface area (Å²) in [4.78, 5) is 13.3. The van der Waals surface area contributed by atoms with E-state index in [1.54, 1.807) is 0 Å². The van der Waals surface area contributed by atoms with Gasteiger partial charge in [0.05, 0.1) is 32.0 Å². The van der Waals surface area contributed by atoms with Crippen molar-refractivity contribution in [2.75, 3.05) is 19.8 Å². The van der Waals surface area contributed by atoms with E-state index in [-0.39, 0.29) is 12.5 Å². The number of carbonyl (C=O) groups is 1. The van der Waals surface area contributed by atoms with E-state index in [0.29, 0.717) is 12.8 Å². The maximum atomic E-state index is 13.3. The fraction of sp³-hybridized carbons (Fsp3) is 0.958. The molecule has 14 heteroatoms. The molecule has 2 aliphatic rings. The minimum Gasteiger partial charge on any atom is -0.394 e. The number of allylic oxidation sites excluding steroid dienone is 2. The van der Waals surface area contributed by atoms with Gasteiger partial charge >= 0.3 is 0 Å². The molecule has 504 valence electrons. The van der Waals surface area contributed by atoms with Crippen molar-refractivity contribution in [3.63, 3.8) is 0 Å². The van der Waals surface area contributed by atoms with Crippen molar-refractivity contribution in [3.05, 3.63) is 12.2 Å². The second-order valence-electron chi connectivity index (χ2n) is 26.1. The van der Waals surface area contributed by atoms with Crippen LogP contribution in [0.3, 0.4) is 0 Å². The van der Waals surface area contributed by atoms with Crippen molar-refractivity contribution in [1.82, 2.24) is 5.32 Å². The van der Waals surface area contributed by atoms with Crippen molar-refractivity contribution in [2.24, 2.45) is 0 Å². The minimum absolute atomic E-state index is 0.202. The van der Waals surface area contributed by atoms with Crippen molar-refractivity contribution in [1.29, 1.82) is 0 Å². The van der Waals surface area contributed by atoms with Gasteiger partial charge in [-0.3, -0.25) is 4.79 Å². The van der Waals surface area contributed by atoms with Gasteiger partial charge in [-0.1, -0.05) is 309 Å². The molecule has 0 aliphatic carbocycles. The summed E-state index contributed by atoms with van der Waals surface area (Å²) in [6.45, 7) is 2.92. The smallest absolute Gasteiger partial charge is 0.220 e. The molecule has 14 nitrogen and oxygen atoms in total. The van der Waals surface area contributed by atoms with Gasteiger partial charge in [0.1, 0.15) is 48.8 Å². The molecule has 0 aromatic rings. The van der Waals surface area contributed by atoms with E-state index in [2.05, 4.69) is 31.3 Å². The van der Waals surface area contributed by atoms with Gasteiger partial charge in [-0.15, -0.1) is 0 Å². The lowest BCUT2D eigenvalue weighted by Gasteiger charge is -2.46. The Morgan fingerprint density at radius 3 is 1.12 bits per heavy atom. The Kier molecular flexibility index (Phi) is 53.2. The number of ether oxygens (including phenoxy) is 4. The predicted octanol–water partition coefficient (Wildman–Crippen LogP) is 15.0. The summed E-state index contributed by atoms with van der Waals surface area (Å²) in [6.07, 6.45) is 52.3. The lowest BCUT2D eigenvalue weighted by molar-refractivity contribution is -0.359. The van der Waals surface area contributed by atoms with Crippen LogP contribution in [0.2, 0.25) is 0 Å². The summed E-state index contributed by atoms with van der Waals surface area (Å²) in [6, 6.07) is -0.829. The minimum atomic E-state index is -1.78. The number of unbranched alkanes of at least 4 members (excludes halogenated alkanes) is 46. The molecule has 2 rings (SSSR count). The molecular formula is C71H137NO13. The van der Waals surface area contributed by atoms with E-state index in [0.717, 1.165) is 51.4 Å². The number of aliphatic hydroxyl groups is 8. The van der Waals surface area contributed by atoms with Gasteiger partial charge in [-0.2, -0.15) is 0 Å². The first-order valence-electron chi connectivity index (χ1n) is 36.4. The van der Waals surface area contributed by atoms with E-state index >= 15 is 0 Å². The summed E-state index contributed by atoms with van der Waals surface area (Å²) in [5, 5.41) is 87.7. The molecule has 12 unspecified atom stereocenters. The number of carbonyl (C=O) groups excluding carboxylic acids is 1. The highest BCUT2D eigenvalue weighted by Gasteiger charge is 2.51. The Labute approximate surface area is 520 Å². The molecule has 0 bridgehead atoms. The maximum Gasteiger partial charge on any atom is 0.220 e. The Hall–Kier alpha value is -1.27. The van der Waals surface area contributed by atoms with Gasteiger partial charge in [0, 0.05) is 6.42 Å². The Morgan fingerprint density at radius 2 is 0.741 bits per heavy atom. The molecule has 0 aromatic carbocycles. The summed E-state index contributed by atoms with van der Waals surface area (Å²) in [7, 11) is 0. The molecule has 9 N–H and O–H groups in total. The highest BCUT2D eigenvalue weighted by atomic mass is 16.7. The van der Waals surface area contributed by atoms with E-state index in [4.69, 9.17) is 18.9 Å². The maximum absolute atomic E-state index is 13.3. The fourth-order valence-electron chi connectivity index (χ4n) is 12.4. The van der Waals surface area contributed by atoms with Crippen molar-refractivity contribution in [2.45, 2.75) is 415 Å². The van der Waals surface area contributed by atoms with Gasteiger partial charge in [0.2, 0.25) is 5.91 Å². The second-order valence-corrected chi connectivity index (χ2v) is 26.1. The third-order valence-electron chi connectivity index (χ3n) is 18.2. The zero-order valence-electron chi connectivity index (χ0n) is 54.9. The monoisotopic (exact) mass is 1210 g/mol. The number of amides is 1. The van der Waals surface area contributed by atoms with Crippen LogP contribution in [0.4, 0.5) is 0 Å². The number of hydrogen-bond acceptors (Lipinski definition) is 13. The van der Waals surface area contributed by atoms with Crippen LogP contribution in [0.1, 0.15) is 341 Å². The fourth-order valence-corrected chi connectivity index (χ4v) is 12.4. The SMILES string of the molecule is CCCCCCCCCC/C=C\CCCCCCCCCCCC(=O)NC(COC1OC(CO)C(OC2OC(CO)C(O)C(O)C2O)C(O)C1O)C(O)CCCCCCCCCCCCCCCCCCCCCCCCCCCCCCCC. The predicted molar refractivity (Wildman–Crippen MR) is 346 cm³/mol. The largest absolute Gasteiger partial charge is 0.394 e. The van der Waals surface area contributed by atoms with Gasteiger partial charge in [0.25, 0.3) is 0 Å². The second kappa shape index (κ2) is 56.7. The molecule has 2 fully saturated rings. The van der Waals surface area contributed by atoms with E-state index in [9.17, 15) is 45.6 Å². The Bertz CT molecular complexity index is 1470. The van der Waals surface area contributed by atoms with Gasteiger partial charge in [-0.05, 0) is 38.5 Å². The summed E-state index contributed by atoms with van der Waals surface area (Å²) in [5.41, 5.74) is 0. The van der Waals surface area contributed by atoms with Crippen molar-refractivity contribution < 1.29 is 64.6 Å². The summed E-state index contributed by atoms with van der Waals surface area (Å²) >= 11 is 0. The molecule has 0 aromatic heterocycles. The lowest BCUT2D eigenvalue weighted by Crippen LogP contribution is -2.65. The molecule has 0 radical (unpaired) electrons. The topological polar surface area (TPSA) is 228 Å². The normalized spacial score (nSPS) is 23.5. The first kappa shape index (κ1) is 79.8. The molecule has 1 amide bonds. The van der Waals surface area contributed by atoms with Gasteiger partial charge in [0.15, 0.2) is 12.6 Å². The molecule has 2 heterocycles. The third kappa shape index (κ3) is 41.0. The average molecular weight is 1210 g/mol. The van der Waals surface area contributed by atoms with Crippen LogP contribution < -0.4 is 5.32 Å². The zero-order valence-corrected chi connectivity index (χ0v) is 54.9. The molecular weight excluding hydrogens is 1070 g/mol. The highest BCUT2D eigenvalue weighted by molar-refractivity contribution is 5.76. The molecule has 0 spiro atoms. The molecule has 0 saturated carbocycles. The number of aliphatic hydroxyl groups excluding tert-OH is 8. The number of hydrogen-bond donors (Lipinski definition) is 9. The quantitative estimate of drug-likeness (QED) is 0.0204. The lowest BCUT2D eigenvalue weighted by atomic mass is 9.97. The first-order valence-corrected chi connectivity index (χ1v) is 36.4.